The van der Waals surface area contributed by atoms with Gasteiger partial charge in [-0.2, -0.15) is 8.42 Å². The summed E-state index contributed by atoms with van der Waals surface area (Å²) in [4.78, 5) is 14.5. The molecule has 140 valence electrons. The zero-order valence-electron chi connectivity index (χ0n) is 15.0. The Labute approximate surface area is 153 Å². The van der Waals surface area contributed by atoms with E-state index >= 15 is 0 Å². The first kappa shape index (κ1) is 19.9. The number of hydrogen-bond donors (Lipinski definition) is 0. The number of halogens is 1. The van der Waals surface area contributed by atoms with E-state index in [0.717, 1.165) is 18.2 Å². The third-order valence-electron chi connectivity index (χ3n) is 3.98. The van der Waals surface area contributed by atoms with Gasteiger partial charge in [-0.3, -0.25) is 4.79 Å². The first-order valence-electron chi connectivity index (χ1n) is 8.24. The van der Waals surface area contributed by atoms with E-state index in [0.29, 0.717) is 12.1 Å². The van der Waals surface area contributed by atoms with E-state index < -0.39 is 15.9 Å². The van der Waals surface area contributed by atoms with Crippen LogP contribution in [-0.4, -0.2) is 31.5 Å². The minimum Gasteiger partial charge on any atom is -0.383 e. The van der Waals surface area contributed by atoms with Crippen LogP contribution in [0.4, 0.5) is 4.39 Å². The summed E-state index contributed by atoms with van der Waals surface area (Å²) < 4.78 is 40.6. The maximum atomic E-state index is 13.4. The number of benzene rings is 2. The third-order valence-corrected chi connectivity index (χ3v) is 4.47. The van der Waals surface area contributed by atoms with Crippen LogP contribution in [0.25, 0.3) is 0 Å². The standard InChI is InChI=1S/C19H22FNO4S/c1-4-14(2)21(19(22)16-6-5-7-17(20)12-16)13-15-8-10-18(11-9-15)25-26(3,23)24/h5-12,14H,4,13H2,1-3H3/t14-/m1/s1. The van der Waals surface area contributed by atoms with Gasteiger partial charge in [-0.1, -0.05) is 25.1 Å². The molecule has 2 aromatic rings. The Kier molecular flexibility index (Phi) is 6.37. The molecule has 0 radical (unpaired) electrons. The smallest absolute Gasteiger partial charge is 0.306 e. The van der Waals surface area contributed by atoms with Crippen LogP contribution in [0.2, 0.25) is 0 Å². The van der Waals surface area contributed by atoms with Crippen LogP contribution in [0.3, 0.4) is 0 Å². The molecule has 7 heteroatoms. The molecule has 0 aromatic heterocycles. The Morgan fingerprint density at radius 1 is 1.19 bits per heavy atom. The fourth-order valence-corrected chi connectivity index (χ4v) is 2.92. The van der Waals surface area contributed by atoms with Gasteiger partial charge in [0.2, 0.25) is 0 Å². The van der Waals surface area contributed by atoms with Gasteiger partial charge in [-0.25, -0.2) is 4.39 Å². The normalized spacial score (nSPS) is 12.5. The number of rotatable bonds is 7. The maximum Gasteiger partial charge on any atom is 0.306 e. The van der Waals surface area contributed by atoms with Crippen molar-refractivity contribution in [1.29, 1.82) is 0 Å². The van der Waals surface area contributed by atoms with Crippen molar-refractivity contribution >= 4 is 16.0 Å². The van der Waals surface area contributed by atoms with Crippen LogP contribution in [0.1, 0.15) is 36.2 Å². The van der Waals surface area contributed by atoms with Gasteiger partial charge in [-0.05, 0) is 49.2 Å². The summed E-state index contributed by atoms with van der Waals surface area (Å²) in [5.74, 6) is -0.500. The number of amides is 1. The van der Waals surface area contributed by atoms with E-state index in [1.807, 2.05) is 13.8 Å². The number of carbonyl (C=O) groups excluding carboxylic acids is 1. The topological polar surface area (TPSA) is 63.7 Å². The van der Waals surface area contributed by atoms with Crippen molar-refractivity contribution in [3.63, 3.8) is 0 Å². The van der Waals surface area contributed by atoms with Crippen LogP contribution < -0.4 is 4.18 Å². The Morgan fingerprint density at radius 2 is 1.85 bits per heavy atom. The number of nitrogens with zero attached hydrogens (tertiary/aromatic N) is 1. The Bertz CT molecular complexity index is 865. The highest BCUT2D eigenvalue weighted by molar-refractivity contribution is 7.86. The first-order valence-corrected chi connectivity index (χ1v) is 10.1. The zero-order chi connectivity index (χ0) is 19.3. The highest BCUT2D eigenvalue weighted by Crippen LogP contribution is 2.19. The van der Waals surface area contributed by atoms with Crippen molar-refractivity contribution in [1.82, 2.24) is 4.90 Å². The lowest BCUT2D eigenvalue weighted by Crippen LogP contribution is -2.37. The van der Waals surface area contributed by atoms with E-state index in [9.17, 15) is 17.6 Å². The molecule has 0 saturated carbocycles. The van der Waals surface area contributed by atoms with E-state index in [4.69, 9.17) is 4.18 Å². The molecule has 5 nitrogen and oxygen atoms in total. The van der Waals surface area contributed by atoms with Crippen molar-refractivity contribution in [3.05, 3.63) is 65.5 Å². The van der Waals surface area contributed by atoms with E-state index in [1.165, 1.54) is 30.3 Å². The molecular formula is C19H22FNO4S. The van der Waals surface area contributed by atoms with Gasteiger partial charge in [0.15, 0.2) is 0 Å². The summed E-state index contributed by atoms with van der Waals surface area (Å²) in [5, 5.41) is 0. The Hall–Kier alpha value is -2.41. The van der Waals surface area contributed by atoms with Crippen LogP contribution in [0.15, 0.2) is 48.5 Å². The lowest BCUT2D eigenvalue weighted by atomic mass is 10.1. The van der Waals surface area contributed by atoms with Crippen LogP contribution in [0.5, 0.6) is 5.75 Å². The van der Waals surface area contributed by atoms with Crippen molar-refractivity contribution in [2.75, 3.05) is 6.26 Å². The second-order valence-electron chi connectivity index (χ2n) is 6.13. The lowest BCUT2D eigenvalue weighted by molar-refractivity contribution is 0.0671. The number of carbonyl (C=O) groups is 1. The van der Waals surface area contributed by atoms with Gasteiger partial charge in [0.05, 0.1) is 6.26 Å². The zero-order valence-corrected chi connectivity index (χ0v) is 15.8. The molecule has 0 heterocycles. The summed E-state index contributed by atoms with van der Waals surface area (Å²) in [6, 6.07) is 12.1. The molecule has 1 amide bonds. The van der Waals surface area contributed by atoms with E-state index in [1.54, 1.807) is 23.1 Å². The number of hydrogen-bond acceptors (Lipinski definition) is 4. The molecule has 0 spiro atoms. The fraction of sp³-hybridized carbons (Fsp3) is 0.316. The second-order valence-corrected chi connectivity index (χ2v) is 7.71. The quantitative estimate of drug-likeness (QED) is 0.690. The summed E-state index contributed by atoms with van der Waals surface area (Å²) in [7, 11) is -3.58. The highest BCUT2D eigenvalue weighted by atomic mass is 32.2. The fourth-order valence-electron chi connectivity index (χ4n) is 2.46. The molecule has 0 saturated heterocycles. The monoisotopic (exact) mass is 379 g/mol. The summed E-state index contributed by atoms with van der Waals surface area (Å²) in [6.07, 6.45) is 1.72. The summed E-state index contributed by atoms with van der Waals surface area (Å²) >= 11 is 0. The molecule has 0 aliphatic rings. The molecule has 0 aliphatic carbocycles. The predicted molar refractivity (Wildman–Crippen MR) is 97.9 cm³/mol. The van der Waals surface area contributed by atoms with Gasteiger partial charge < -0.3 is 9.08 Å². The van der Waals surface area contributed by atoms with E-state index in [-0.39, 0.29) is 17.7 Å². The maximum absolute atomic E-state index is 13.4. The Balaban J connectivity index is 2.21. The van der Waals surface area contributed by atoms with Crippen LogP contribution in [0, 0.1) is 5.82 Å². The Morgan fingerprint density at radius 3 is 2.38 bits per heavy atom. The SMILES string of the molecule is CC[C@@H](C)N(Cc1ccc(OS(C)(=O)=O)cc1)C(=O)c1cccc(F)c1. The minimum absolute atomic E-state index is 0.0438. The van der Waals surface area contributed by atoms with Crippen LogP contribution >= 0.6 is 0 Å². The van der Waals surface area contributed by atoms with Crippen molar-refractivity contribution < 1.29 is 21.8 Å². The average molecular weight is 379 g/mol. The van der Waals surface area contributed by atoms with Crippen molar-refractivity contribution in [3.8, 4) is 5.75 Å². The van der Waals surface area contributed by atoms with Crippen LogP contribution in [-0.2, 0) is 16.7 Å². The highest BCUT2D eigenvalue weighted by Gasteiger charge is 2.21. The largest absolute Gasteiger partial charge is 0.383 e. The van der Waals surface area contributed by atoms with Gasteiger partial charge in [-0.15, -0.1) is 0 Å². The molecule has 2 rings (SSSR count). The van der Waals surface area contributed by atoms with Gasteiger partial charge >= 0.3 is 10.1 Å². The van der Waals surface area contributed by atoms with Gasteiger partial charge in [0.1, 0.15) is 11.6 Å². The lowest BCUT2D eigenvalue weighted by Gasteiger charge is -2.29. The van der Waals surface area contributed by atoms with E-state index in [2.05, 4.69) is 0 Å². The van der Waals surface area contributed by atoms with Gasteiger partial charge in [0, 0.05) is 18.2 Å². The molecule has 26 heavy (non-hydrogen) atoms. The average Bonchev–Trinajstić information content (AvgIpc) is 2.58. The molecule has 0 bridgehead atoms. The van der Waals surface area contributed by atoms with Crippen molar-refractivity contribution in [2.24, 2.45) is 0 Å². The summed E-state index contributed by atoms with van der Waals surface area (Å²) in [5.41, 5.74) is 1.11. The molecule has 0 aliphatic heterocycles. The van der Waals surface area contributed by atoms with Gasteiger partial charge in [0.25, 0.3) is 5.91 Å². The molecule has 0 unspecified atom stereocenters. The molecule has 1 atom stereocenters. The molecule has 2 aromatic carbocycles. The molecular weight excluding hydrogens is 357 g/mol. The minimum atomic E-state index is -3.58. The first-order chi connectivity index (χ1) is 12.2. The van der Waals surface area contributed by atoms with Crippen molar-refractivity contribution in [2.45, 2.75) is 32.9 Å². The second kappa shape index (κ2) is 8.31. The molecule has 0 fully saturated rings. The predicted octanol–water partition coefficient (Wildman–Crippen LogP) is 3.61. The molecule has 0 N–H and O–H groups in total. The summed E-state index contributed by atoms with van der Waals surface area (Å²) in [6.45, 7) is 4.22. The third kappa shape index (κ3) is 5.56.